The van der Waals surface area contributed by atoms with Gasteiger partial charge in [0.1, 0.15) is 17.4 Å². The maximum absolute atomic E-state index is 12.1. The fourth-order valence-corrected chi connectivity index (χ4v) is 1.78. The number of amides is 1. The van der Waals surface area contributed by atoms with Crippen molar-refractivity contribution in [3.05, 3.63) is 48.2 Å². The number of hydroxylamine groups is 1. The summed E-state index contributed by atoms with van der Waals surface area (Å²) in [4.78, 5) is 17.5. The smallest absolute Gasteiger partial charge is 0.239 e. The molecule has 1 amide bonds. The van der Waals surface area contributed by atoms with Gasteiger partial charge in [-0.3, -0.25) is 9.63 Å². The van der Waals surface area contributed by atoms with E-state index in [4.69, 9.17) is 9.57 Å². The summed E-state index contributed by atoms with van der Waals surface area (Å²) in [6.07, 6.45) is 0. The lowest BCUT2D eigenvalue weighted by Gasteiger charge is -2.27. The number of carbonyl (C=O) groups is 1. The van der Waals surface area contributed by atoms with E-state index in [-0.39, 0.29) is 17.6 Å². The number of hydrogen-bond donors (Lipinski definition) is 2. The van der Waals surface area contributed by atoms with Gasteiger partial charge >= 0.3 is 0 Å². The van der Waals surface area contributed by atoms with Crippen LogP contribution in [-0.4, -0.2) is 23.6 Å². The van der Waals surface area contributed by atoms with Crippen molar-refractivity contribution < 1.29 is 14.4 Å². The van der Waals surface area contributed by atoms with Gasteiger partial charge in [-0.05, 0) is 40.2 Å². The first-order chi connectivity index (χ1) is 10.7. The Morgan fingerprint density at radius 1 is 1.17 bits per heavy atom. The molecule has 0 aliphatic heterocycles. The highest BCUT2D eigenvalue weighted by Gasteiger charge is 2.20. The minimum Gasteiger partial charge on any atom is -0.491 e. The number of carbonyl (C=O) groups excluding carboxylic acids is 1. The molecule has 0 saturated carbocycles. The first kappa shape index (κ1) is 19.2. The first-order valence-electron chi connectivity index (χ1n) is 7.78. The summed E-state index contributed by atoms with van der Waals surface area (Å²) in [5, 5.41) is 2.84. The van der Waals surface area contributed by atoms with E-state index in [0.717, 1.165) is 5.56 Å². The van der Waals surface area contributed by atoms with Gasteiger partial charge in [0, 0.05) is 0 Å². The molecule has 0 aliphatic rings. The lowest BCUT2D eigenvalue weighted by atomic mass is 10.2. The van der Waals surface area contributed by atoms with Crippen molar-refractivity contribution in [1.29, 1.82) is 0 Å². The van der Waals surface area contributed by atoms with Gasteiger partial charge in [-0.2, -0.15) is 5.48 Å². The zero-order valence-corrected chi connectivity index (χ0v) is 14.7. The molecule has 1 aromatic carbocycles. The molecule has 0 aromatic heterocycles. The van der Waals surface area contributed by atoms with Gasteiger partial charge in [-0.15, -0.1) is 0 Å². The molecule has 2 atom stereocenters. The third-order valence-electron chi connectivity index (χ3n) is 3.01. The molecule has 0 fully saturated rings. The highest BCUT2D eigenvalue weighted by molar-refractivity contribution is 5.81. The second kappa shape index (κ2) is 8.70. The average Bonchev–Trinajstić information content (AvgIpc) is 2.46. The molecule has 1 rings (SSSR count). The van der Waals surface area contributed by atoms with Gasteiger partial charge in [0.2, 0.25) is 5.91 Å². The molecule has 0 saturated heterocycles. The normalized spacial score (nSPS) is 14.0. The summed E-state index contributed by atoms with van der Waals surface area (Å²) in [5.41, 5.74) is 3.44. The van der Waals surface area contributed by atoms with Crippen LogP contribution >= 0.6 is 0 Å². The van der Waals surface area contributed by atoms with Crippen molar-refractivity contribution >= 4 is 5.91 Å². The maximum Gasteiger partial charge on any atom is 0.239 e. The number of ether oxygens (including phenoxy) is 1. The van der Waals surface area contributed by atoms with Crippen LogP contribution in [0, 0.1) is 0 Å². The van der Waals surface area contributed by atoms with Crippen LogP contribution in [0.25, 0.3) is 0 Å². The zero-order chi connectivity index (χ0) is 17.5. The Morgan fingerprint density at radius 2 is 1.78 bits per heavy atom. The number of rotatable bonds is 8. The minimum atomic E-state index is -0.483. The number of benzene rings is 1. The van der Waals surface area contributed by atoms with Crippen LogP contribution in [0.1, 0.15) is 40.2 Å². The summed E-state index contributed by atoms with van der Waals surface area (Å²) in [6.45, 7) is 13.7. The van der Waals surface area contributed by atoms with Crippen molar-refractivity contribution in [3.8, 4) is 0 Å². The van der Waals surface area contributed by atoms with Gasteiger partial charge in [0.25, 0.3) is 0 Å². The predicted octanol–water partition coefficient (Wildman–Crippen LogP) is 2.93. The second-order valence-electron chi connectivity index (χ2n) is 6.52. The molecular weight excluding hydrogens is 292 g/mol. The Labute approximate surface area is 139 Å². The lowest BCUT2D eigenvalue weighted by Crippen LogP contribution is -2.46. The standard InChI is InChI=1S/C18H28N2O3/c1-13(15(3)23-18(4,5)6)19-17(21)14(2)20-22-12-16-10-8-7-9-11-16/h7-11,13-14,20H,3,12H2,1-2,4-6H3,(H,19,21)/t13-,14-/m0/s1. The first-order valence-corrected chi connectivity index (χ1v) is 7.78. The molecule has 0 spiro atoms. The van der Waals surface area contributed by atoms with E-state index in [1.165, 1.54) is 0 Å². The Hall–Kier alpha value is -1.85. The molecule has 5 heteroatoms. The highest BCUT2D eigenvalue weighted by atomic mass is 16.6. The highest BCUT2D eigenvalue weighted by Crippen LogP contribution is 2.14. The number of nitrogens with one attached hydrogen (secondary N) is 2. The molecule has 1 aromatic rings. The van der Waals surface area contributed by atoms with Gasteiger partial charge in [-0.1, -0.05) is 36.9 Å². The van der Waals surface area contributed by atoms with E-state index in [1.54, 1.807) is 6.92 Å². The van der Waals surface area contributed by atoms with Crippen molar-refractivity contribution in [2.75, 3.05) is 0 Å². The third kappa shape index (κ3) is 7.81. The maximum atomic E-state index is 12.1. The van der Waals surface area contributed by atoms with Crippen LogP contribution in [0.4, 0.5) is 0 Å². The number of hydrogen-bond acceptors (Lipinski definition) is 4. The predicted molar refractivity (Wildman–Crippen MR) is 91.4 cm³/mol. The SMILES string of the molecule is C=C(OC(C)(C)C)[C@H](C)NC(=O)[C@H](C)NOCc1ccccc1. The molecule has 23 heavy (non-hydrogen) atoms. The van der Waals surface area contributed by atoms with Crippen molar-refractivity contribution in [3.63, 3.8) is 0 Å². The molecule has 0 heterocycles. The monoisotopic (exact) mass is 320 g/mol. The van der Waals surface area contributed by atoms with E-state index in [2.05, 4.69) is 17.4 Å². The van der Waals surface area contributed by atoms with E-state index in [9.17, 15) is 4.79 Å². The molecule has 0 radical (unpaired) electrons. The van der Waals surface area contributed by atoms with Crippen LogP contribution in [0.2, 0.25) is 0 Å². The molecule has 128 valence electrons. The topological polar surface area (TPSA) is 59.6 Å². The van der Waals surface area contributed by atoms with Crippen molar-refractivity contribution in [1.82, 2.24) is 10.8 Å². The molecular formula is C18H28N2O3. The lowest BCUT2D eigenvalue weighted by molar-refractivity contribution is -0.128. The van der Waals surface area contributed by atoms with Crippen LogP contribution in [0.3, 0.4) is 0 Å². The van der Waals surface area contributed by atoms with Gasteiger partial charge in [0.15, 0.2) is 0 Å². The Balaban J connectivity index is 2.34. The average molecular weight is 320 g/mol. The van der Waals surface area contributed by atoms with E-state index in [1.807, 2.05) is 58.0 Å². The second-order valence-corrected chi connectivity index (χ2v) is 6.52. The summed E-state index contributed by atoms with van der Waals surface area (Å²) in [6, 6.07) is 8.99. The van der Waals surface area contributed by atoms with E-state index >= 15 is 0 Å². The van der Waals surface area contributed by atoms with E-state index in [0.29, 0.717) is 12.4 Å². The minimum absolute atomic E-state index is 0.177. The fourth-order valence-electron chi connectivity index (χ4n) is 1.78. The zero-order valence-electron chi connectivity index (χ0n) is 14.7. The molecule has 2 N–H and O–H groups in total. The Kier molecular flexibility index (Phi) is 7.26. The van der Waals surface area contributed by atoms with Crippen molar-refractivity contribution in [2.24, 2.45) is 0 Å². The van der Waals surface area contributed by atoms with Crippen LogP contribution in [-0.2, 0) is 21.0 Å². The van der Waals surface area contributed by atoms with E-state index < -0.39 is 6.04 Å². The quantitative estimate of drug-likeness (QED) is 0.571. The summed E-state index contributed by atoms with van der Waals surface area (Å²) < 4.78 is 5.66. The molecule has 0 unspecified atom stereocenters. The van der Waals surface area contributed by atoms with Gasteiger partial charge < -0.3 is 10.1 Å². The Bertz CT molecular complexity index is 509. The van der Waals surface area contributed by atoms with Gasteiger partial charge in [0.05, 0.1) is 12.6 Å². The summed E-state index contributed by atoms with van der Waals surface area (Å²) in [7, 11) is 0. The largest absolute Gasteiger partial charge is 0.491 e. The van der Waals surface area contributed by atoms with Crippen LogP contribution in [0.15, 0.2) is 42.7 Å². The van der Waals surface area contributed by atoms with Crippen molar-refractivity contribution in [2.45, 2.75) is 58.9 Å². The summed E-state index contributed by atoms with van der Waals surface area (Å²) >= 11 is 0. The van der Waals surface area contributed by atoms with Crippen LogP contribution in [0.5, 0.6) is 0 Å². The Morgan fingerprint density at radius 3 is 2.35 bits per heavy atom. The third-order valence-corrected chi connectivity index (χ3v) is 3.01. The molecule has 0 aliphatic carbocycles. The van der Waals surface area contributed by atoms with Crippen LogP contribution < -0.4 is 10.8 Å². The summed E-state index contributed by atoms with van der Waals surface area (Å²) in [5.74, 6) is 0.354. The van der Waals surface area contributed by atoms with Gasteiger partial charge in [-0.25, -0.2) is 0 Å². The fraction of sp³-hybridized carbons (Fsp3) is 0.500. The molecule has 0 bridgehead atoms. The molecule has 5 nitrogen and oxygen atoms in total.